The Hall–Kier alpha value is -2.08. The molecule has 1 aliphatic heterocycles. The third-order valence-electron chi connectivity index (χ3n) is 5.39. The minimum atomic E-state index is -0.793. The molecule has 1 aromatic carbocycles. The molecule has 6 nitrogen and oxygen atoms in total. The van der Waals surface area contributed by atoms with Crippen LogP contribution in [0.25, 0.3) is 0 Å². The van der Waals surface area contributed by atoms with E-state index in [4.69, 9.17) is 9.84 Å². The molecule has 2 aliphatic rings. The molecular weight excluding hydrogens is 332 g/mol. The van der Waals surface area contributed by atoms with Crippen molar-refractivity contribution in [1.82, 2.24) is 10.2 Å². The summed E-state index contributed by atoms with van der Waals surface area (Å²) < 4.78 is 5.48. The van der Waals surface area contributed by atoms with Crippen LogP contribution >= 0.6 is 0 Å². The molecule has 142 valence electrons. The molecule has 1 fully saturated rings. The van der Waals surface area contributed by atoms with E-state index in [0.717, 1.165) is 37.9 Å². The monoisotopic (exact) mass is 360 g/mol. The van der Waals surface area contributed by atoms with Gasteiger partial charge >= 0.3 is 12.1 Å². The molecule has 26 heavy (non-hydrogen) atoms. The second-order valence-electron chi connectivity index (χ2n) is 8.49. The topological polar surface area (TPSA) is 78.9 Å². The Morgan fingerprint density at radius 3 is 2.54 bits per heavy atom. The van der Waals surface area contributed by atoms with Crippen molar-refractivity contribution in [3.63, 3.8) is 0 Å². The van der Waals surface area contributed by atoms with Gasteiger partial charge in [0.1, 0.15) is 5.60 Å². The number of aliphatic carboxylic acids is 1. The van der Waals surface area contributed by atoms with Gasteiger partial charge in [0.05, 0.1) is 12.6 Å². The molecule has 1 saturated heterocycles. The summed E-state index contributed by atoms with van der Waals surface area (Å²) in [6.07, 6.45) is 2.22. The number of amides is 1. The van der Waals surface area contributed by atoms with E-state index in [9.17, 15) is 9.59 Å². The molecular formula is C20H28N2O4. The van der Waals surface area contributed by atoms with Gasteiger partial charge in [-0.2, -0.15) is 0 Å². The smallest absolute Gasteiger partial charge is 0.408 e. The largest absolute Gasteiger partial charge is 0.480 e. The summed E-state index contributed by atoms with van der Waals surface area (Å²) in [5.74, 6) is -0.793. The summed E-state index contributed by atoms with van der Waals surface area (Å²) >= 11 is 0. The lowest BCUT2D eigenvalue weighted by atomic mass is 9.72. The highest BCUT2D eigenvalue weighted by molar-refractivity contribution is 5.69. The van der Waals surface area contributed by atoms with Crippen LogP contribution in [-0.2, 0) is 16.0 Å². The number of likely N-dealkylation sites (tertiary alicyclic amines) is 1. The van der Waals surface area contributed by atoms with Crippen molar-refractivity contribution in [3.05, 3.63) is 35.4 Å². The Labute approximate surface area is 154 Å². The van der Waals surface area contributed by atoms with Crippen molar-refractivity contribution in [1.29, 1.82) is 0 Å². The fraction of sp³-hybridized carbons (Fsp3) is 0.600. The average Bonchev–Trinajstić information content (AvgIpc) is 2.81. The van der Waals surface area contributed by atoms with Crippen molar-refractivity contribution in [2.75, 3.05) is 19.6 Å². The standard InChI is InChI=1S/C20H28N2O4/c1-19(2,3)26-18(25)21-17-15-7-5-4-6-14(15)12-20(17)8-10-22(11-9-20)13-16(23)24/h4-7,17H,8-13H2,1-3H3,(H,21,25)(H,23,24)/t17-/m1/s1. The molecule has 1 amide bonds. The van der Waals surface area contributed by atoms with Gasteiger partial charge in [-0.25, -0.2) is 4.79 Å². The quantitative estimate of drug-likeness (QED) is 0.866. The molecule has 0 bridgehead atoms. The summed E-state index contributed by atoms with van der Waals surface area (Å²) in [5.41, 5.74) is 1.81. The van der Waals surface area contributed by atoms with Gasteiger partial charge in [-0.05, 0) is 64.3 Å². The summed E-state index contributed by atoms with van der Waals surface area (Å²) in [7, 11) is 0. The fourth-order valence-electron chi connectivity index (χ4n) is 4.26. The Morgan fingerprint density at radius 2 is 1.92 bits per heavy atom. The van der Waals surface area contributed by atoms with Crippen molar-refractivity contribution >= 4 is 12.1 Å². The molecule has 0 unspecified atom stereocenters. The van der Waals surface area contributed by atoms with Crippen LogP contribution < -0.4 is 5.32 Å². The number of carbonyl (C=O) groups excluding carboxylic acids is 1. The van der Waals surface area contributed by atoms with Crippen molar-refractivity contribution < 1.29 is 19.4 Å². The zero-order valence-corrected chi connectivity index (χ0v) is 15.7. The van der Waals surface area contributed by atoms with Gasteiger partial charge in [0.25, 0.3) is 0 Å². The number of ether oxygens (including phenoxy) is 1. The van der Waals surface area contributed by atoms with E-state index in [0.29, 0.717) is 0 Å². The molecule has 1 spiro atoms. The highest BCUT2D eigenvalue weighted by Gasteiger charge is 2.48. The normalized spacial score (nSPS) is 22.0. The lowest BCUT2D eigenvalue weighted by Crippen LogP contribution is -2.48. The van der Waals surface area contributed by atoms with Gasteiger partial charge in [0.2, 0.25) is 0 Å². The SMILES string of the molecule is CC(C)(C)OC(=O)N[C@@H]1c2ccccc2CC12CCN(CC(=O)O)CC2. The average molecular weight is 360 g/mol. The number of carboxylic acid groups (broad SMARTS) is 1. The van der Waals surface area contributed by atoms with Crippen LogP contribution in [0.5, 0.6) is 0 Å². The van der Waals surface area contributed by atoms with Crippen molar-refractivity contribution in [3.8, 4) is 0 Å². The van der Waals surface area contributed by atoms with Crippen molar-refractivity contribution in [2.24, 2.45) is 5.41 Å². The zero-order valence-electron chi connectivity index (χ0n) is 15.7. The molecule has 1 atom stereocenters. The van der Waals surface area contributed by atoms with Crippen LogP contribution in [-0.4, -0.2) is 47.3 Å². The van der Waals surface area contributed by atoms with E-state index in [1.165, 1.54) is 5.56 Å². The predicted molar refractivity (Wildman–Crippen MR) is 98.0 cm³/mol. The predicted octanol–water partition coefficient (Wildman–Crippen LogP) is 2.98. The number of piperidine rings is 1. The maximum atomic E-state index is 12.4. The molecule has 2 N–H and O–H groups in total. The van der Waals surface area contributed by atoms with Crippen LogP contribution in [0.4, 0.5) is 4.79 Å². The lowest BCUT2D eigenvalue weighted by Gasteiger charge is -2.43. The molecule has 0 saturated carbocycles. The highest BCUT2D eigenvalue weighted by Crippen LogP contribution is 2.52. The number of fused-ring (bicyclic) bond motifs is 1. The van der Waals surface area contributed by atoms with Crippen LogP contribution in [0.2, 0.25) is 0 Å². The molecule has 1 heterocycles. The Balaban J connectivity index is 1.79. The number of hydrogen-bond donors (Lipinski definition) is 2. The highest BCUT2D eigenvalue weighted by atomic mass is 16.6. The summed E-state index contributed by atoms with van der Waals surface area (Å²) in [5, 5.41) is 12.1. The van der Waals surface area contributed by atoms with E-state index in [1.54, 1.807) is 0 Å². The first-order valence-corrected chi connectivity index (χ1v) is 9.20. The summed E-state index contributed by atoms with van der Waals surface area (Å²) in [6, 6.07) is 8.14. The minimum Gasteiger partial charge on any atom is -0.480 e. The van der Waals surface area contributed by atoms with Gasteiger partial charge in [0, 0.05) is 5.41 Å². The zero-order chi connectivity index (χ0) is 18.9. The van der Waals surface area contributed by atoms with Gasteiger partial charge in [-0.15, -0.1) is 0 Å². The molecule has 0 aromatic heterocycles. The van der Waals surface area contributed by atoms with Crippen LogP contribution in [0.1, 0.15) is 50.8 Å². The first kappa shape index (κ1) is 18.7. The number of carbonyl (C=O) groups is 2. The molecule has 0 radical (unpaired) electrons. The van der Waals surface area contributed by atoms with Gasteiger partial charge in [-0.3, -0.25) is 9.69 Å². The number of alkyl carbamates (subject to hydrolysis) is 1. The van der Waals surface area contributed by atoms with E-state index in [1.807, 2.05) is 37.8 Å². The third kappa shape index (κ3) is 4.01. The second-order valence-corrected chi connectivity index (χ2v) is 8.49. The van der Waals surface area contributed by atoms with Gasteiger partial charge in [0.15, 0.2) is 0 Å². The maximum Gasteiger partial charge on any atom is 0.408 e. The minimum absolute atomic E-state index is 0.0738. The fourth-order valence-corrected chi connectivity index (χ4v) is 4.26. The van der Waals surface area contributed by atoms with Gasteiger partial charge < -0.3 is 15.2 Å². The van der Waals surface area contributed by atoms with Crippen molar-refractivity contribution in [2.45, 2.75) is 51.7 Å². The van der Waals surface area contributed by atoms with Crippen LogP contribution in [0.15, 0.2) is 24.3 Å². The first-order valence-electron chi connectivity index (χ1n) is 9.20. The third-order valence-corrected chi connectivity index (χ3v) is 5.39. The summed E-state index contributed by atoms with van der Waals surface area (Å²) in [6.45, 7) is 7.10. The Kier molecular flexibility index (Phi) is 4.97. The number of hydrogen-bond acceptors (Lipinski definition) is 4. The number of carboxylic acids is 1. The van der Waals surface area contributed by atoms with Gasteiger partial charge in [-0.1, -0.05) is 24.3 Å². The Morgan fingerprint density at radius 1 is 1.27 bits per heavy atom. The van der Waals surface area contributed by atoms with E-state index >= 15 is 0 Å². The lowest BCUT2D eigenvalue weighted by molar-refractivity contribution is -0.139. The second kappa shape index (κ2) is 6.91. The number of benzene rings is 1. The molecule has 1 aromatic rings. The molecule has 3 rings (SSSR count). The number of nitrogens with zero attached hydrogens (tertiary/aromatic N) is 1. The van der Waals surface area contributed by atoms with E-state index < -0.39 is 17.7 Å². The number of rotatable bonds is 3. The van der Waals surface area contributed by atoms with Crippen LogP contribution in [0, 0.1) is 5.41 Å². The summed E-state index contributed by atoms with van der Waals surface area (Å²) in [4.78, 5) is 25.4. The molecule has 6 heteroatoms. The maximum absolute atomic E-state index is 12.4. The van der Waals surface area contributed by atoms with Crippen LogP contribution in [0.3, 0.4) is 0 Å². The molecule has 1 aliphatic carbocycles. The number of nitrogens with one attached hydrogen (secondary N) is 1. The Bertz CT molecular complexity index is 687. The van der Waals surface area contributed by atoms with E-state index in [2.05, 4.69) is 17.4 Å². The van der Waals surface area contributed by atoms with E-state index in [-0.39, 0.29) is 18.0 Å². The first-order chi connectivity index (χ1) is 12.2.